The van der Waals surface area contributed by atoms with Crippen molar-refractivity contribution in [2.75, 3.05) is 19.6 Å². The number of carboxylic acids is 1. The largest absolute Gasteiger partial charge is 0.481 e. The van der Waals surface area contributed by atoms with Crippen LogP contribution in [0, 0.1) is 11.3 Å². The maximum Gasteiger partial charge on any atom is 0.310 e. The van der Waals surface area contributed by atoms with Crippen LogP contribution in [0.4, 0.5) is 0 Å². The number of carboxylic acid groups (broad SMARTS) is 1. The molecule has 5 heteroatoms. The third-order valence-corrected chi connectivity index (χ3v) is 5.39. The molecule has 0 aromatic rings. The molecule has 1 aliphatic heterocycles. The number of likely N-dealkylation sites (tertiary alicyclic amines) is 1. The first-order valence-corrected chi connectivity index (χ1v) is 8.22. The Morgan fingerprint density at radius 2 is 2.05 bits per heavy atom. The Balaban J connectivity index is 1.82. The van der Waals surface area contributed by atoms with E-state index in [0.717, 1.165) is 6.42 Å². The minimum atomic E-state index is -0.728. The molecular weight excluding hydrogens is 268 g/mol. The van der Waals surface area contributed by atoms with Crippen molar-refractivity contribution >= 4 is 11.9 Å². The molecule has 0 spiro atoms. The van der Waals surface area contributed by atoms with Gasteiger partial charge in [-0.05, 0) is 38.1 Å². The second-order valence-electron chi connectivity index (χ2n) is 6.84. The van der Waals surface area contributed by atoms with Crippen LogP contribution in [0.5, 0.6) is 0 Å². The Kier molecular flexibility index (Phi) is 5.25. The first-order valence-electron chi connectivity index (χ1n) is 8.22. The number of nitrogens with zero attached hydrogens (tertiary/aromatic N) is 1. The van der Waals surface area contributed by atoms with Gasteiger partial charge in [0.1, 0.15) is 0 Å². The number of nitrogens with one attached hydrogen (secondary N) is 1. The summed E-state index contributed by atoms with van der Waals surface area (Å²) in [6.45, 7) is 5.65. The van der Waals surface area contributed by atoms with Crippen molar-refractivity contribution in [2.24, 2.45) is 11.3 Å². The molecule has 120 valence electrons. The number of rotatable bonds is 5. The number of carbonyl (C=O) groups excluding carboxylic acids is 1. The summed E-state index contributed by atoms with van der Waals surface area (Å²) in [6.07, 6.45) is 5.98. The van der Waals surface area contributed by atoms with E-state index in [0.29, 0.717) is 44.4 Å². The molecule has 3 atom stereocenters. The minimum Gasteiger partial charge on any atom is -0.481 e. The van der Waals surface area contributed by atoms with Crippen LogP contribution in [-0.2, 0) is 9.59 Å². The lowest BCUT2D eigenvalue weighted by atomic mass is 9.84. The lowest BCUT2D eigenvalue weighted by Crippen LogP contribution is -2.46. The molecule has 21 heavy (non-hydrogen) atoms. The van der Waals surface area contributed by atoms with Gasteiger partial charge in [0.25, 0.3) is 0 Å². The lowest BCUT2D eigenvalue weighted by molar-refractivity contribution is -0.148. The lowest BCUT2D eigenvalue weighted by Gasteiger charge is -2.30. The molecule has 1 heterocycles. The summed E-state index contributed by atoms with van der Waals surface area (Å²) in [7, 11) is 0. The van der Waals surface area contributed by atoms with Crippen LogP contribution in [0.15, 0.2) is 0 Å². The van der Waals surface area contributed by atoms with Crippen LogP contribution in [0.3, 0.4) is 0 Å². The summed E-state index contributed by atoms with van der Waals surface area (Å²) in [5, 5.41) is 12.5. The van der Waals surface area contributed by atoms with Crippen LogP contribution in [0.2, 0.25) is 0 Å². The highest BCUT2D eigenvalue weighted by molar-refractivity contribution is 5.79. The van der Waals surface area contributed by atoms with E-state index in [1.807, 2.05) is 11.8 Å². The molecule has 3 unspecified atom stereocenters. The summed E-state index contributed by atoms with van der Waals surface area (Å²) in [5.74, 6) is -0.130. The van der Waals surface area contributed by atoms with E-state index in [2.05, 4.69) is 12.2 Å². The van der Waals surface area contributed by atoms with E-state index >= 15 is 0 Å². The molecule has 0 bridgehead atoms. The zero-order valence-electron chi connectivity index (χ0n) is 13.2. The van der Waals surface area contributed by atoms with Crippen LogP contribution < -0.4 is 5.32 Å². The summed E-state index contributed by atoms with van der Waals surface area (Å²) < 4.78 is 0. The van der Waals surface area contributed by atoms with Gasteiger partial charge in [-0.3, -0.25) is 14.5 Å². The predicted molar refractivity (Wildman–Crippen MR) is 81.0 cm³/mol. The highest BCUT2D eigenvalue weighted by Gasteiger charge is 2.43. The molecule has 0 radical (unpaired) electrons. The van der Waals surface area contributed by atoms with E-state index < -0.39 is 11.4 Å². The van der Waals surface area contributed by atoms with Crippen molar-refractivity contribution in [3.05, 3.63) is 0 Å². The van der Waals surface area contributed by atoms with Gasteiger partial charge < -0.3 is 10.4 Å². The number of hydrogen-bond acceptors (Lipinski definition) is 3. The molecule has 2 N–H and O–H groups in total. The van der Waals surface area contributed by atoms with E-state index in [4.69, 9.17) is 0 Å². The van der Waals surface area contributed by atoms with Gasteiger partial charge in [0, 0.05) is 12.6 Å². The second kappa shape index (κ2) is 6.77. The van der Waals surface area contributed by atoms with Crippen molar-refractivity contribution in [3.63, 3.8) is 0 Å². The maximum atomic E-state index is 12.2. The third kappa shape index (κ3) is 3.76. The van der Waals surface area contributed by atoms with E-state index in [1.54, 1.807) is 0 Å². The zero-order chi connectivity index (χ0) is 15.5. The zero-order valence-corrected chi connectivity index (χ0v) is 13.2. The van der Waals surface area contributed by atoms with Gasteiger partial charge in [-0.15, -0.1) is 0 Å². The fourth-order valence-electron chi connectivity index (χ4n) is 3.69. The molecule has 2 rings (SSSR count). The van der Waals surface area contributed by atoms with Crippen LogP contribution in [-0.4, -0.2) is 47.6 Å². The smallest absolute Gasteiger partial charge is 0.310 e. The molecule has 2 aliphatic rings. The van der Waals surface area contributed by atoms with Gasteiger partial charge in [0.15, 0.2) is 0 Å². The highest BCUT2D eigenvalue weighted by atomic mass is 16.4. The Hall–Kier alpha value is -1.10. The van der Waals surface area contributed by atoms with Crippen molar-refractivity contribution in [1.29, 1.82) is 0 Å². The average molecular weight is 296 g/mol. The first kappa shape index (κ1) is 16.3. The van der Waals surface area contributed by atoms with Crippen molar-refractivity contribution in [1.82, 2.24) is 10.2 Å². The standard InChI is InChI=1S/C16H28N2O3/c1-3-16(15(20)21)8-9-18(11-16)10-14(19)17-13-7-5-4-6-12(13)2/h12-13H,3-11H2,1-2H3,(H,17,19)(H,20,21). The van der Waals surface area contributed by atoms with Crippen LogP contribution >= 0.6 is 0 Å². The fraction of sp³-hybridized carbons (Fsp3) is 0.875. The molecule has 2 fully saturated rings. The maximum absolute atomic E-state index is 12.2. The summed E-state index contributed by atoms with van der Waals surface area (Å²) >= 11 is 0. The molecule has 1 saturated heterocycles. The Bertz CT molecular complexity index is 399. The molecule has 1 amide bonds. The van der Waals surface area contributed by atoms with Gasteiger partial charge in [0.05, 0.1) is 12.0 Å². The number of hydrogen-bond donors (Lipinski definition) is 2. The summed E-state index contributed by atoms with van der Waals surface area (Å²) in [5.41, 5.74) is -0.654. The van der Waals surface area contributed by atoms with Crippen molar-refractivity contribution < 1.29 is 14.7 Å². The SMILES string of the molecule is CCC1(C(=O)O)CCN(CC(=O)NC2CCCCC2C)C1. The van der Waals surface area contributed by atoms with Gasteiger partial charge in [-0.2, -0.15) is 0 Å². The minimum absolute atomic E-state index is 0.0473. The first-order chi connectivity index (χ1) is 9.97. The highest BCUT2D eigenvalue weighted by Crippen LogP contribution is 2.34. The average Bonchev–Trinajstić information content (AvgIpc) is 2.86. The number of aliphatic carboxylic acids is 1. The monoisotopic (exact) mass is 296 g/mol. The van der Waals surface area contributed by atoms with Crippen molar-refractivity contribution in [3.8, 4) is 0 Å². The normalized spacial score (nSPS) is 33.8. The van der Waals surface area contributed by atoms with Gasteiger partial charge >= 0.3 is 5.97 Å². The summed E-state index contributed by atoms with van der Waals surface area (Å²) in [4.78, 5) is 25.6. The molecule has 5 nitrogen and oxygen atoms in total. The Morgan fingerprint density at radius 3 is 2.62 bits per heavy atom. The number of amides is 1. The molecule has 0 aromatic heterocycles. The predicted octanol–water partition coefficient (Wildman–Crippen LogP) is 1.87. The van der Waals surface area contributed by atoms with Crippen LogP contribution in [0.1, 0.15) is 52.4 Å². The van der Waals surface area contributed by atoms with Gasteiger partial charge in [0.2, 0.25) is 5.91 Å². The molecular formula is C16H28N2O3. The van der Waals surface area contributed by atoms with Gasteiger partial charge in [-0.1, -0.05) is 26.7 Å². The second-order valence-corrected chi connectivity index (χ2v) is 6.84. The van der Waals surface area contributed by atoms with Gasteiger partial charge in [-0.25, -0.2) is 0 Å². The fourth-order valence-corrected chi connectivity index (χ4v) is 3.69. The molecule has 1 aliphatic carbocycles. The Morgan fingerprint density at radius 1 is 1.33 bits per heavy atom. The van der Waals surface area contributed by atoms with E-state index in [-0.39, 0.29) is 5.91 Å². The topological polar surface area (TPSA) is 69.6 Å². The third-order valence-electron chi connectivity index (χ3n) is 5.39. The van der Waals surface area contributed by atoms with Crippen molar-refractivity contribution in [2.45, 2.75) is 58.4 Å². The summed E-state index contributed by atoms with van der Waals surface area (Å²) in [6, 6.07) is 0.296. The number of carbonyl (C=O) groups is 2. The van der Waals surface area contributed by atoms with E-state index in [1.165, 1.54) is 19.3 Å². The Labute approximate surface area is 127 Å². The molecule has 0 aromatic carbocycles. The van der Waals surface area contributed by atoms with Crippen LogP contribution in [0.25, 0.3) is 0 Å². The van der Waals surface area contributed by atoms with E-state index in [9.17, 15) is 14.7 Å². The quantitative estimate of drug-likeness (QED) is 0.812. The molecule has 1 saturated carbocycles.